The topological polar surface area (TPSA) is 103 Å². The number of hydrogen-bond donors (Lipinski definition) is 0. The third-order valence-corrected chi connectivity index (χ3v) is 8.93. The van der Waals surface area contributed by atoms with Crippen molar-refractivity contribution >= 4 is 9.84 Å². The fourth-order valence-corrected chi connectivity index (χ4v) is 7.13. The van der Waals surface area contributed by atoms with E-state index in [1.165, 1.54) is 0 Å². The highest BCUT2D eigenvalue weighted by Crippen LogP contribution is 2.49. The van der Waals surface area contributed by atoms with Gasteiger partial charge in [0, 0.05) is 44.9 Å². The predicted octanol–water partition coefficient (Wildman–Crippen LogP) is 1.56. The molecule has 164 valence electrons. The van der Waals surface area contributed by atoms with Gasteiger partial charge >= 0.3 is 0 Å². The summed E-state index contributed by atoms with van der Waals surface area (Å²) in [5.41, 5.74) is 2.11. The van der Waals surface area contributed by atoms with Crippen molar-refractivity contribution in [2.45, 2.75) is 30.1 Å². The number of aromatic nitrogens is 4. The van der Waals surface area contributed by atoms with E-state index >= 15 is 0 Å². The fraction of sp³-hybridized carbons (Fsp3) is 0.476. The molecule has 4 heterocycles. The highest BCUT2D eigenvalue weighted by atomic mass is 32.2. The monoisotopic (exact) mass is 443 g/mol. The second-order valence-electron chi connectivity index (χ2n) is 8.47. The molecule has 31 heavy (non-hydrogen) atoms. The molecule has 2 aromatic heterocycles. The molecule has 0 N–H and O–H groups in total. The van der Waals surface area contributed by atoms with Crippen molar-refractivity contribution < 1.29 is 17.7 Å². The summed E-state index contributed by atoms with van der Waals surface area (Å²) in [6.07, 6.45) is 4.81. The van der Waals surface area contributed by atoms with E-state index in [1.807, 2.05) is 43.7 Å². The first-order chi connectivity index (χ1) is 14.9. The predicted molar refractivity (Wildman–Crippen MR) is 112 cm³/mol. The zero-order chi connectivity index (χ0) is 21.6. The standard InChI is InChI=1S/C21H25N5O4S/c1-25-11-16(10-22-25)12-26-13-21(14-26)18(7-8-31(21,27)28)20-23-19(24-30-20)9-15-3-5-17(29-2)6-4-15/h3-6,10-11,18H,7-9,12-14H2,1-2H3. The van der Waals surface area contributed by atoms with Crippen molar-refractivity contribution in [3.8, 4) is 5.75 Å². The van der Waals surface area contributed by atoms with E-state index in [1.54, 1.807) is 11.8 Å². The van der Waals surface area contributed by atoms with E-state index in [9.17, 15) is 8.42 Å². The minimum Gasteiger partial charge on any atom is -0.497 e. The van der Waals surface area contributed by atoms with Crippen molar-refractivity contribution in [1.82, 2.24) is 24.8 Å². The fourth-order valence-electron chi connectivity index (χ4n) is 4.76. The van der Waals surface area contributed by atoms with Crippen LogP contribution in [0.15, 0.2) is 41.2 Å². The summed E-state index contributed by atoms with van der Waals surface area (Å²) in [7, 11) is 0.273. The van der Waals surface area contributed by atoms with Gasteiger partial charge in [-0.15, -0.1) is 0 Å². The summed E-state index contributed by atoms with van der Waals surface area (Å²) < 4.78 is 37.6. The summed E-state index contributed by atoms with van der Waals surface area (Å²) in [5, 5.41) is 8.31. The van der Waals surface area contributed by atoms with E-state index in [2.05, 4.69) is 20.1 Å². The molecule has 2 saturated heterocycles. The molecule has 0 aliphatic carbocycles. The van der Waals surface area contributed by atoms with Crippen molar-refractivity contribution in [2.75, 3.05) is 26.0 Å². The molecular weight excluding hydrogens is 418 g/mol. The smallest absolute Gasteiger partial charge is 0.231 e. The van der Waals surface area contributed by atoms with Crippen LogP contribution in [0, 0.1) is 0 Å². The van der Waals surface area contributed by atoms with Crippen molar-refractivity contribution in [3.63, 3.8) is 0 Å². The maximum atomic E-state index is 13.0. The molecule has 1 unspecified atom stereocenters. The molecule has 1 aromatic carbocycles. The zero-order valence-electron chi connectivity index (χ0n) is 17.6. The van der Waals surface area contributed by atoms with Crippen molar-refractivity contribution in [1.29, 1.82) is 0 Å². The number of methoxy groups -OCH3 is 1. The Bertz CT molecular complexity index is 1180. The van der Waals surface area contributed by atoms with E-state index in [4.69, 9.17) is 9.26 Å². The molecule has 9 nitrogen and oxygen atoms in total. The van der Waals surface area contributed by atoms with Crippen LogP contribution in [0.25, 0.3) is 0 Å². The Morgan fingerprint density at radius 3 is 2.68 bits per heavy atom. The minimum atomic E-state index is -3.23. The molecule has 2 fully saturated rings. The lowest BCUT2D eigenvalue weighted by Gasteiger charge is -2.49. The van der Waals surface area contributed by atoms with Crippen LogP contribution < -0.4 is 4.74 Å². The molecular formula is C21H25N5O4S. The highest BCUT2D eigenvalue weighted by molar-refractivity contribution is 7.93. The number of sulfone groups is 1. The first-order valence-electron chi connectivity index (χ1n) is 10.3. The number of benzene rings is 1. The maximum absolute atomic E-state index is 13.0. The molecule has 1 spiro atoms. The van der Waals surface area contributed by atoms with Gasteiger partial charge in [-0.1, -0.05) is 17.3 Å². The lowest BCUT2D eigenvalue weighted by atomic mass is 9.83. The third kappa shape index (κ3) is 3.53. The number of aryl methyl sites for hydroxylation is 1. The van der Waals surface area contributed by atoms with Gasteiger partial charge in [-0.05, 0) is 24.1 Å². The van der Waals surface area contributed by atoms with Gasteiger partial charge in [0.25, 0.3) is 0 Å². The first-order valence-corrected chi connectivity index (χ1v) is 11.9. The van der Waals surface area contributed by atoms with Gasteiger partial charge < -0.3 is 9.26 Å². The Hall–Kier alpha value is -2.72. The quantitative estimate of drug-likeness (QED) is 0.565. The Balaban J connectivity index is 1.31. The van der Waals surface area contributed by atoms with E-state index in [0.717, 1.165) is 16.9 Å². The van der Waals surface area contributed by atoms with Crippen LogP contribution >= 0.6 is 0 Å². The molecule has 0 amide bonds. The normalized spacial score (nSPS) is 21.9. The molecule has 3 aromatic rings. The largest absolute Gasteiger partial charge is 0.497 e. The van der Waals surface area contributed by atoms with E-state index < -0.39 is 14.6 Å². The summed E-state index contributed by atoms with van der Waals surface area (Å²) in [6, 6.07) is 7.69. The number of ether oxygens (including phenoxy) is 1. The summed E-state index contributed by atoms with van der Waals surface area (Å²) in [4.78, 5) is 6.72. The average molecular weight is 444 g/mol. The van der Waals surface area contributed by atoms with Gasteiger partial charge in [0.1, 0.15) is 10.5 Å². The molecule has 0 radical (unpaired) electrons. The van der Waals surface area contributed by atoms with Crippen LogP contribution in [-0.4, -0.2) is 63.9 Å². The number of likely N-dealkylation sites (tertiary alicyclic amines) is 1. The summed E-state index contributed by atoms with van der Waals surface area (Å²) in [6.45, 7) is 1.64. The maximum Gasteiger partial charge on any atom is 0.231 e. The second-order valence-corrected chi connectivity index (χ2v) is 10.9. The van der Waals surface area contributed by atoms with Gasteiger partial charge in [-0.2, -0.15) is 10.1 Å². The summed E-state index contributed by atoms with van der Waals surface area (Å²) >= 11 is 0. The van der Waals surface area contributed by atoms with Gasteiger partial charge in [0.05, 0.1) is 25.0 Å². The lowest BCUT2D eigenvalue weighted by Crippen LogP contribution is -2.65. The molecule has 2 aliphatic rings. The number of hydrogen-bond acceptors (Lipinski definition) is 8. The lowest BCUT2D eigenvalue weighted by molar-refractivity contribution is 0.0900. The Morgan fingerprint density at radius 2 is 2.00 bits per heavy atom. The minimum absolute atomic E-state index is 0.161. The SMILES string of the molecule is COc1ccc(Cc2noc(C3CCS(=O)(=O)C34CN(Cc3cnn(C)c3)C4)n2)cc1. The van der Waals surface area contributed by atoms with Gasteiger partial charge in [-0.25, -0.2) is 8.42 Å². The van der Waals surface area contributed by atoms with Crippen LogP contribution in [0.2, 0.25) is 0 Å². The first kappa shape index (κ1) is 20.2. The molecule has 1 atom stereocenters. The second kappa shape index (κ2) is 7.45. The zero-order valence-corrected chi connectivity index (χ0v) is 18.4. The molecule has 0 bridgehead atoms. The third-order valence-electron chi connectivity index (χ3n) is 6.38. The molecule has 0 saturated carbocycles. The summed E-state index contributed by atoms with van der Waals surface area (Å²) in [5.74, 6) is 1.68. The van der Waals surface area contributed by atoms with Crippen molar-refractivity contribution in [2.24, 2.45) is 7.05 Å². The molecule has 2 aliphatic heterocycles. The molecule has 5 rings (SSSR count). The Labute approximate surface area is 180 Å². The van der Waals surface area contributed by atoms with Crippen LogP contribution in [0.1, 0.15) is 35.2 Å². The number of nitrogens with zero attached hydrogens (tertiary/aromatic N) is 5. The number of rotatable bonds is 6. The Kier molecular flexibility index (Phi) is 4.86. The van der Waals surface area contributed by atoms with Crippen LogP contribution in [0.3, 0.4) is 0 Å². The van der Waals surface area contributed by atoms with Crippen LogP contribution in [-0.2, 0) is 29.9 Å². The van der Waals surface area contributed by atoms with E-state index in [0.29, 0.717) is 44.2 Å². The van der Waals surface area contributed by atoms with Crippen LogP contribution in [0.5, 0.6) is 5.75 Å². The Morgan fingerprint density at radius 1 is 1.23 bits per heavy atom. The average Bonchev–Trinajstić information content (AvgIpc) is 3.41. The van der Waals surface area contributed by atoms with Gasteiger partial charge in [0.15, 0.2) is 15.7 Å². The molecule has 10 heteroatoms. The van der Waals surface area contributed by atoms with Crippen LogP contribution in [0.4, 0.5) is 0 Å². The highest BCUT2D eigenvalue weighted by Gasteiger charge is 2.63. The van der Waals surface area contributed by atoms with Gasteiger partial charge in [0.2, 0.25) is 5.89 Å². The van der Waals surface area contributed by atoms with Crippen molar-refractivity contribution in [3.05, 3.63) is 59.5 Å². The van der Waals surface area contributed by atoms with Gasteiger partial charge in [-0.3, -0.25) is 9.58 Å². The van der Waals surface area contributed by atoms with E-state index in [-0.39, 0.29) is 11.7 Å².